The summed E-state index contributed by atoms with van der Waals surface area (Å²) in [5.74, 6) is -1.30. The predicted molar refractivity (Wildman–Crippen MR) is 76.7 cm³/mol. The minimum atomic E-state index is -0.662. The largest absolute Gasteiger partial charge is 0.465 e. The van der Waals surface area contributed by atoms with Gasteiger partial charge in [0, 0.05) is 19.0 Å². The van der Waals surface area contributed by atoms with E-state index in [2.05, 4.69) is 4.74 Å². The summed E-state index contributed by atoms with van der Waals surface area (Å²) in [6.07, 6.45) is 2.07. The molecule has 120 valence electrons. The Morgan fingerprint density at radius 1 is 1.19 bits per heavy atom. The maximum absolute atomic E-state index is 12.5. The minimum absolute atomic E-state index is 0.0418. The zero-order valence-electron chi connectivity index (χ0n) is 13.1. The monoisotopic (exact) mass is 299 g/mol. The summed E-state index contributed by atoms with van der Waals surface area (Å²) < 4.78 is 9.67. The Labute approximate surface area is 125 Å². The molecule has 6 nitrogen and oxygen atoms in total. The van der Waals surface area contributed by atoms with Crippen molar-refractivity contribution in [1.82, 2.24) is 4.90 Å². The number of ether oxygens (including phenoxy) is 2. The van der Waals surface area contributed by atoms with E-state index in [9.17, 15) is 14.4 Å². The molecule has 0 N–H and O–H groups in total. The molecule has 1 aliphatic rings. The summed E-state index contributed by atoms with van der Waals surface area (Å²) in [7, 11) is 1.34. The van der Waals surface area contributed by atoms with Crippen molar-refractivity contribution in [1.29, 1.82) is 0 Å². The second kappa shape index (κ2) is 8.64. The van der Waals surface area contributed by atoms with Crippen LogP contribution in [0.4, 0.5) is 4.79 Å². The van der Waals surface area contributed by atoms with Crippen molar-refractivity contribution in [3.8, 4) is 0 Å². The molecule has 1 fully saturated rings. The van der Waals surface area contributed by atoms with E-state index in [4.69, 9.17) is 4.74 Å². The molecule has 1 heterocycles. The van der Waals surface area contributed by atoms with E-state index in [1.54, 1.807) is 11.8 Å². The molecule has 1 amide bonds. The van der Waals surface area contributed by atoms with E-state index >= 15 is 0 Å². The van der Waals surface area contributed by atoms with Crippen LogP contribution < -0.4 is 0 Å². The van der Waals surface area contributed by atoms with Gasteiger partial charge in [-0.1, -0.05) is 13.3 Å². The quantitative estimate of drug-likeness (QED) is 0.554. The molecule has 0 aromatic heterocycles. The van der Waals surface area contributed by atoms with E-state index in [-0.39, 0.29) is 24.4 Å². The van der Waals surface area contributed by atoms with Crippen LogP contribution in [0.5, 0.6) is 0 Å². The highest BCUT2D eigenvalue weighted by atomic mass is 16.5. The van der Waals surface area contributed by atoms with E-state index in [0.29, 0.717) is 32.4 Å². The van der Waals surface area contributed by atoms with Crippen molar-refractivity contribution < 1.29 is 23.9 Å². The fourth-order valence-electron chi connectivity index (χ4n) is 2.67. The second-order valence-electron chi connectivity index (χ2n) is 5.23. The fourth-order valence-corrected chi connectivity index (χ4v) is 2.67. The van der Waals surface area contributed by atoms with Crippen LogP contribution in [0.2, 0.25) is 0 Å². The lowest BCUT2D eigenvalue weighted by atomic mass is 9.84. The zero-order chi connectivity index (χ0) is 15.8. The molecule has 1 rings (SSSR count). The standard InChI is InChI=1S/C15H25NO5/c1-4-6-12(14(18)21-5-2)13(17)11-7-9-16(10-8-11)15(19)20-3/h11-12H,4-10H2,1-3H3. The van der Waals surface area contributed by atoms with Crippen LogP contribution in [-0.4, -0.2) is 49.6 Å². The van der Waals surface area contributed by atoms with Gasteiger partial charge < -0.3 is 14.4 Å². The van der Waals surface area contributed by atoms with Gasteiger partial charge in [-0.25, -0.2) is 4.79 Å². The van der Waals surface area contributed by atoms with Gasteiger partial charge in [0.25, 0.3) is 0 Å². The number of carbonyl (C=O) groups excluding carboxylic acids is 3. The maximum atomic E-state index is 12.5. The van der Waals surface area contributed by atoms with Gasteiger partial charge in [0.1, 0.15) is 11.7 Å². The molecule has 0 aromatic rings. The zero-order valence-corrected chi connectivity index (χ0v) is 13.1. The van der Waals surface area contributed by atoms with Gasteiger partial charge in [0.15, 0.2) is 0 Å². The summed E-state index contributed by atoms with van der Waals surface area (Å²) in [6.45, 7) is 4.95. The maximum Gasteiger partial charge on any atom is 0.409 e. The van der Waals surface area contributed by atoms with E-state index in [0.717, 1.165) is 6.42 Å². The normalized spacial score (nSPS) is 17.2. The Morgan fingerprint density at radius 2 is 1.81 bits per heavy atom. The van der Waals surface area contributed by atoms with Crippen LogP contribution >= 0.6 is 0 Å². The number of hydrogen-bond acceptors (Lipinski definition) is 5. The molecular weight excluding hydrogens is 274 g/mol. The third-order valence-electron chi connectivity index (χ3n) is 3.82. The van der Waals surface area contributed by atoms with E-state index in [1.165, 1.54) is 7.11 Å². The van der Waals surface area contributed by atoms with Crippen molar-refractivity contribution in [2.45, 2.75) is 39.5 Å². The van der Waals surface area contributed by atoms with Crippen LogP contribution in [0.1, 0.15) is 39.5 Å². The minimum Gasteiger partial charge on any atom is -0.465 e. The molecular formula is C15H25NO5. The molecule has 0 spiro atoms. The van der Waals surface area contributed by atoms with Crippen molar-refractivity contribution >= 4 is 17.8 Å². The number of methoxy groups -OCH3 is 1. The van der Waals surface area contributed by atoms with Crippen LogP contribution in [0.15, 0.2) is 0 Å². The highest BCUT2D eigenvalue weighted by Gasteiger charge is 2.35. The number of piperidine rings is 1. The van der Waals surface area contributed by atoms with Gasteiger partial charge >= 0.3 is 12.1 Å². The number of rotatable bonds is 6. The topological polar surface area (TPSA) is 72.9 Å². The van der Waals surface area contributed by atoms with Crippen LogP contribution in [0, 0.1) is 11.8 Å². The lowest BCUT2D eigenvalue weighted by Gasteiger charge is -2.31. The number of ketones is 1. The fraction of sp³-hybridized carbons (Fsp3) is 0.800. The molecule has 6 heteroatoms. The first kappa shape index (κ1) is 17.5. The summed E-state index contributed by atoms with van der Waals surface area (Å²) in [6, 6.07) is 0. The first-order valence-corrected chi connectivity index (χ1v) is 7.58. The summed E-state index contributed by atoms with van der Waals surface area (Å²) >= 11 is 0. The molecule has 1 saturated heterocycles. The van der Waals surface area contributed by atoms with Gasteiger partial charge in [-0.15, -0.1) is 0 Å². The highest BCUT2D eigenvalue weighted by Crippen LogP contribution is 2.24. The van der Waals surface area contributed by atoms with Crippen molar-refractivity contribution in [3.63, 3.8) is 0 Å². The molecule has 1 atom stereocenters. The summed E-state index contributed by atoms with van der Waals surface area (Å²) in [5, 5.41) is 0. The first-order chi connectivity index (χ1) is 10.0. The number of carbonyl (C=O) groups is 3. The predicted octanol–water partition coefficient (Wildman–Crippen LogP) is 2.01. The van der Waals surface area contributed by atoms with Crippen LogP contribution in [-0.2, 0) is 19.1 Å². The summed E-state index contributed by atoms with van der Waals surface area (Å²) in [4.78, 5) is 37.4. The Balaban J connectivity index is 2.61. The molecule has 0 saturated carbocycles. The number of esters is 1. The first-order valence-electron chi connectivity index (χ1n) is 7.58. The third-order valence-corrected chi connectivity index (χ3v) is 3.82. The van der Waals surface area contributed by atoms with Gasteiger partial charge in [-0.2, -0.15) is 0 Å². The molecule has 0 aliphatic carbocycles. The van der Waals surface area contributed by atoms with Crippen LogP contribution in [0.25, 0.3) is 0 Å². The number of hydrogen-bond donors (Lipinski definition) is 0. The molecule has 0 bridgehead atoms. The molecule has 1 unspecified atom stereocenters. The van der Waals surface area contributed by atoms with Gasteiger partial charge in [0.2, 0.25) is 0 Å². The Kier molecular flexibility index (Phi) is 7.19. The smallest absolute Gasteiger partial charge is 0.409 e. The van der Waals surface area contributed by atoms with Crippen LogP contribution in [0.3, 0.4) is 0 Å². The van der Waals surface area contributed by atoms with Gasteiger partial charge in [0.05, 0.1) is 13.7 Å². The lowest BCUT2D eigenvalue weighted by molar-refractivity contribution is -0.153. The third kappa shape index (κ3) is 4.72. The number of nitrogens with zero attached hydrogens (tertiary/aromatic N) is 1. The molecule has 21 heavy (non-hydrogen) atoms. The Hall–Kier alpha value is -1.59. The van der Waals surface area contributed by atoms with Gasteiger partial charge in [-0.3, -0.25) is 9.59 Å². The second-order valence-corrected chi connectivity index (χ2v) is 5.23. The van der Waals surface area contributed by atoms with E-state index < -0.39 is 11.9 Å². The average molecular weight is 299 g/mol. The Morgan fingerprint density at radius 3 is 2.29 bits per heavy atom. The summed E-state index contributed by atoms with van der Waals surface area (Å²) in [5.41, 5.74) is 0. The Bertz CT molecular complexity index is 374. The number of amides is 1. The lowest BCUT2D eigenvalue weighted by Crippen LogP contribution is -2.42. The number of Topliss-reactive ketones (excluding diaryl/α,β-unsaturated/α-hetero) is 1. The van der Waals surface area contributed by atoms with Crippen molar-refractivity contribution in [2.75, 3.05) is 26.8 Å². The highest BCUT2D eigenvalue weighted by molar-refractivity contribution is 6.00. The molecule has 1 aliphatic heterocycles. The van der Waals surface area contributed by atoms with Crippen molar-refractivity contribution in [3.05, 3.63) is 0 Å². The average Bonchev–Trinajstić information content (AvgIpc) is 2.51. The SMILES string of the molecule is CCCC(C(=O)OCC)C(=O)C1CCN(C(=O)OC)CC1. The van der Waals surface area contributed by atoms with Gasteiger partial charge in [-0.05, 0) is 26.2 Å². The number of likely N-dealkylation sites (tertiary alicyclic amines) is 1. The molecule has 0 aromatic carbocycles. The van der Waals surface area contributed by atoms with E-state index in [1.807, 2.05) is 6.92 Å². The van der Waals surface area contributed by atoms with Crippen molar-refractivity contribution in [2.24, 2.45) is 11.8 Å². The molecule has 0 radical (unpaired) electrons.